The third-order valence-corrected chi connectivity index (χ3v) is 5.19. The van der Waals surface area contributed by atoms with E-state index in [4.69, 9.17) is 0 Å². The quantitative estimate of drug-likeness (QED) is 0.345. The van der Waals surface area contributed by atoms with E-state index in [1.165, 1.54) is 49.7 Å². The highest BCUT2D eigenvalue weighted by Gasteiger charge is 2.08. The van der Waals surface area contributed by atoms with Crippen LogP contribution in [-0.4, -0.2) is 15.4 Å². The van der Waals surface area contributed by atoms with Crippen LogP contribution in [0.3, 0.4) is 0 Å². The predicted octanol–water partition coefficient (Wildman–Crippen LogP) is 6.34. The summed E-state index contributed by atoms with van der Waals surface area (Å²) in [6.45, 7) is 4.47. The lowest BCUT2D eigenvalue weighted by molar-refractivity contribution is 0.717. The van der Waals surface area contributed by atoms with Gasteiger partial charge in [0.25, 0.3) is 0 Å². The second kappa shape index (κ2) is 11.2. The molecule has 3 heteroatoms. The van der Waals surface area contributed by atoms with E-state index in [9.17, 15) is 0 Å². The summed E-state index contributed by atoms with van der Waals surface area (Å²) in [4.78, 5) is 0. The van der Waals surface area contributed by atoms with Gasteiger partial charge in [0.2, 0.25) is 0 Å². The molecule has 0 aliphatic rings. The molecule has 0 atom stereocenters. The van der Waals surface area contributed by atoms with Crippen LogP contribution in [0.4, 0.5) is 0 Å². The fourth-order valence-electron chi connectivity index (χ4n) is 3.39. The molecule has 2 aromatic carbocycles. The highest BCUT2D eigenvalue weighted by Crippen LogP contribution is 2.20. The van der Waals surface area contributed by atoms with Gasteiger partial charge in [0, 0.05) is 11.1 Å². The average Bonchev–Trinajstić information content (AvgIpc) is 3.23. The Bertz CT molecular complexity index is 925. The molecular weight excluding hydrogens is 354 g/mol. The number of benzene rings is 2. The average molecular weight is 386 g/mol. The van der Waals surface area contributed by atoms with Crippen LogP contribution in [0.5, 0.6) is 0 Å². The Morgan fingerprint density at radius 3 is 1.86 bits per heavy atom. The minimum Gasteiger partial charge on any atom is -0.196 e. The Kier molecular flexibility index (Phi) is 8.07. The van der Waals surface area contributed by atoms with Gasteiger partial charge in [-0.1, -0.05) is 81.8 Å². The van der Waals surface area contributed by atoms with Gasteiger partial charge in [-0.3, -0.25) is 0 Å². The number of hydrogen-bond donors (Lipinski definition) is 1. The first-order chi connectivity index (χ1) is 14.3. The Balaban J connectivity index is 1.66. The SMILES string of the molecule is CCCCCc1ccc(C#Cc2n[nH]nc2-c2ccc(CCCCC)cc2)cc1. The maximum Gasteiger partial charge on any atom is 0.163 e. The van der Waals surface area contributed by atoms with Crippen molar-refractivity contribution in [2.75, 3.05) is 0 Å². The van der Waals surface area contributed by atoms with Crippen molar-refractivity contribution >= 4 is 0 Å². The highest BCUT2D eigenvalue weighted by molar-refractivity contribution is 5.65. The first-order valence-electron chi connectivity index (χ1n) is 10.9. The van der Waals surface area contributed by atoms with E-state index in [1.807, 2.05) is 0 Å². The Labute approximate surface area is 175 Å². The van der Waals surface area contributed by atoms with Crippen LogP contribution in [0.1, 0.15) is 74.8 Å². The largest absolute Gasteiger partial charge is 0.196 e. The molecule has 3 rings (SSSR count). The predicted molar refractivity (Wildman–Crippen MR) is 121 cm³/mol. The number of nitrogens with one attached hydrogen (secondary N) is 1. The van der Waals surface area contributed by atoms with E-state index < -0.39 is 0 Å². The summed E-state index contributed by atoms with van der Waals surface area (Å²) in [6, 6.07) is 17.2. The zero-order valence-electron chi connectivity index (χ0n) is 17.7. The Hall–Kier alpha value is -2.86. The molecule has 0 unspecified atom stereocenters. The van der Waals surface area contributed by atoms with E-state index in [2.05, 4.69) is 89.6 Å². The number of unbranched alkanes of at least 4 members (excludes halogenated alkanes) is 4. The highest BCUT2D eigenvalue weighted by atomic mass is 15.3. The monoisotopic (exact) mass is 385 g/mol. The number of hydrogen-bond acceptors (Lipinski definition) is 2. The van der Waals surface area contributed by atoms with E-state index in [0.717, 1.165) is 29.7 Å². The van der Waals surface area contributed by atoms with Gasteiger partial charge in [0.15, 0.2) is 5.69 Å². The second-order valence-electron chi connectivity index (χ2n) is 7.58. The van der Waals surface area contributed by atoms with Crippen molar-refractivity contribution in [3.8, 4) is 23.1 Å². The molecule has 150 valence electrons. The van der Waals surface area contributed by atoms with E-state index >= 15 is 0 Å². The van der Waals surface area contributed by atoms with Crippen molar-refractivity contribution < 1.29 is 0 Å². The molecule has 0 aliphatic heterocycles. The van der Waals surface area contributed by atoms with Gasteiger partial charge in [0.05, 0.1) is 0 Å². The normalized spacial score (nSPS) is 10.6. The first kappa shape index (κ1) is 20.9. The Morgan fingerprint density at radius 2 is 1.28 bits per heavy atom. The van der Waals surface area contributed by atoms with Gasteiger partial charge < -0.3 is 0 Å². The molecule has 1 N–H and O–H groups in total. The minimum atomic E-state index is 0.691. The third kappa shape index (κ3) is 6.32. The van der Waals surface area contributed by atoms with Gasteiger partial charge in [-0.15, -0.1) is 5.10 Å². The maximum atomic E-state index is 4.32. The molecule has 1 heterocycles. The fourth-order valence-corrected chi connectivity index (χ4v) is 3.39. The molecule has 0 amide bonds. The number of nitrogens with zero attached hydrogens (tertiary/aromatic N) is 2. The van der Waals surface area contributed by atoms with Crippen molar-refractivity contribution in [2.45, 2.75) is 65.2 Å². The van der Waals surface area contributed by atoms with Crippen LogP contribution < -0.4 is 0 Å². The van der Waals surface area contributed by atoms with Crippen molar-refractivity contribution in [1.29, 1.82) is 0 Å². The number of aromatic amines is 1. The number of rotatable bonds is 9. The van der Waals surface area contributed by atoms with Gasteiger partial charge >= 0.3 is 0 Å². The summed E-state index contributed by atoms with van der Waals surface area (Å²) < 4.78 is 0. The maximum absolute atomic E-state index is 4.32. The summed E-state index contributed by atoms with van der Waals surface area (Å²) in [7, 11) is 0. The van der Waals surface area contributed by atoms with Gasteiger partial charge in [-0.25, -0.2) is 0 Å². The van der Waals surface area contributed by atoms with Crippen molar-refractivity contribution in [3.05, 3.63) is 70.9 Å². The third-order valence-electron chi connectivity index (χ3n) is 5.19. The van der Waals surface area contributed by atoms with Gasteiger partial charge in [-0.05, 0) is 54.9 Å². The van der Waals surface area contributed by atoms with Crippen LogP contribution >= 0.6 is 0 Å². The molecule has 3 nitrogen and oxygen atoms in total. The number of aryl methyl sites for hydroxylation is 2. The molecule has 3 aromatic rings. The lowest BCUT2D eigenvalue weighted by Crippen LogP contribution is -1.88. The summed E-state index contributed by atoms with van der Waals surface area (Å²) in [5.41, 5.74) is 6.31. The summed E-state index contributed by atoms with van der Waals surface area (Å²) in [5, 5.41) is 11.3. The Morgan fingerprint density at radius 1 is 0.690 bits per heavy atom. The second-order valence-corrected chi connectivity index (χ2v) is 7.58. The minimum absolute atomic E-state index is 0.691. The molecule has 0 radical (unpaired) electrons. The number of aromatic nitrogens is 3. The summed E-state index contributed by atoms with van der Waals surface area (Å²) in [5.74, 6) is 6.41. The topological polar surface area (TPSA) is 41.6 Å². The smallest absolute Gasteiger partial charge is 0.163 e. The molecule has 1 aromatic heterocycles. The molecular formula is C26H31N3. The molecule has 29 heavy (non-hydrogen) atoms. The van der Waals surface area contributed by atoms with Crippen LogP contribution in [-0.2, 0) is 12.8 Å². The molecule has 0 aliphatic carbocycles. The molecule has 0 fully saturated rings. The van der Waals surface area contributed by atoms with Gasteiger partial charge in [0.1, 0.15) is 5.69 Å². The van der Waals surface area contributed by atoms with E-state index in [-0.39, 0.29) is 0 Å². The van der Waals surface area contributed by atoms with Crippen LogP contribution in [0, 0.1) is 11.8 Å². The zero-order valence-corrected chi connectivity index (χ0v) is 17.7. The lowest BCUT2D eigenvalue weighted by Gasteiger charge is -2.02. The van der Waals surface area contributed by atoms with E-state index in [0.29, 0.717) is 5.69 Å². The number of H-pyrrole nitrogens is 1. The molecule has 0 saturated heterocycles. The first-order valence-corrected chi connectivity index (χ1v) is 10.9. The van der Waals surface area contributed by atoms with Crippen molar-refractivity contribution in [1.82, 2.24) is 15.4 Å². The van der Waals surface area contributed by atoms with Gasteiger partial charge in [-0.2, -0.15) is 10.3 Å². The van der Waals surface area contributed by atoms with E-state index in [1.54, 1.807) is 0 Å². The summed E-state index contributed by atoms with van der Waals surface area (Å²) >= 11 is 0. The molecule has 0 spiro atoms. The van der Waals surface area contributed by atoms with Crippen molar-refractivity contribution in [3.63, 3.8) is 0 Å². The lowest BCUT2D eigenvalue weighted by atomic mass is 10.0. The molecule has 0 saturated carbocycles. The van der Waals surface area contributed by atoms with Crippen LogP contribution in [0.25, 0.3) is 11.3 Å². The standard InChI is InChI=1S/C26H31N3/c1-3-5-7-9-21-11-13-23(14-12-21)17-20-25-26(28-29-27-25)24-18-15-22(16-19-24)10-8-6-4-2/h11-16,18-19H,3-10H2,1-2H3,(H,27,28,29). The van der Waals surface area contributed by atoms with Crippen LogP contribution in [0.2, 0.25) is 0 Å². The van der Waals surface area contributed by atoms with Crippen molar-refractivity contribution in [2.24, 2.45) is 0 Å². The summed E-state index contributed by atoms with van der Waals surface area (Å²) in [6.07, 6.45) is 9.85. The molecule has 0 bridgehead atoms. The zero-order chi connectivity index (χ0) is 20.3. The fraction of sp³-hybridized carbons (Fsp3) is 0.385. The van der Waals surface area contributed by atoms with Crippen LogP contribution in [0.15, 0.2) is 48.5 Å².